The zero-order valence-corrected chi connectivity index (χ0v) is 14.1. The maximum Gasteiger partial charge on any atom is 0.289 e. The Morgan fingerprint density at radius 1 is 1.08 bits per heavy atom. The highest BCUT2D eigenvalue weighted by atomic mass is 19.2. The van der Waals surface area contributed by atoms with Gasteiger partial charge in [0.25, 0.3) is 11.8 Å². The van der Waals surface area contributed by atoms with Crippen LogP contribution in [0, 0.1) is 11.6 Å². The van der Waals surface area contributed by atoms with Crippen LogP contribution in [0.1, 0.15) is 20.9 Å². The van der Waals surface area contributed by atoms with Gasteiger partial charge in [0, 0.05) is 44.8 Å². The predicted octanol–water partition coefficient (Wildman–Crippen LogP) is 1.75. The molecule has 6 nitrogen and oxygen atoms in total. The van der Waals surface area contributed by atoms with E-state index in [9.17, 15) is 18.4 Å². The van der Waals surface area contributed by atoms with Gasteiger partial charge in [0.1, 0.15) is 0 Å². The summed E-state index contributed by atoms with van der Waals surface area (Å²) in [5, 5.41) is 2.68. The van der Waals surface area contributed by atoms with E-state index in [0.29, 0.717) is 45.0 Å². The van der Waals surface area contributed by atoms with E-state index in [1.165, 1.54) is 12.3 Å². The van der Waals surface area contributed by atoms with E-state index in [4.69, 9.17) is 4.42 Å². The molecule has 1 aromatic heterocycles. The third-order valence-corrected chi connectivity index (χ3v) is 4.29. The van der Waals surface area contributed by atoms with Gasteiger partial charge in [0.05, 0.1) is 6.26 Å². The van der Waals surface area contributed by atoms with E-state index >= 15 is 0 Å². The molecular formula is C18H19F2N3O3. The first-order valence-corrected chi connectivity index (χ1v) is 8.33. The van der Waals surface area contributed by atoms with Gasteiger partial charge in [0.2, 0.25) is 0 Å². The Labute approximate surface area is 149 Å². The molecule has 0 radical (unpaired) electrons. The average molecular weight is 363 g/mol. The molecule has 26 heavy (non-hydrogen) atoms. The van der Waals surface area contributed by atoms with Crippen LogP contribution in [0.25, 0.3) is 0 Å². The lowest BCUT2D eigenvalue weighted by molar-refractivity contribution is 0.0607. The quantitative estimate of drug-likeness (QED) is 0.879. The molecule has 2 heterocycles. The number of piperazine rings is 1. The molecule has 0 unspecified atom stereocenters. The fourth-order valence-electron chi connectivity index (χ4n) is 2.80. The Hall–Kier alpha value is -2.74. The molecule has 1 aliphatic rings. The van der Waals surface area contributed by atoms with E-state index in [0.717, 1.165) is 12.1 Å². The molecule has 0 saturated carbocycles. The van der Waals surface area contributed by atoms with Crippen LogP contribution >= 0.6 is 0 Å². The van der Waals surface area contributed by atoms with Gasteiger partial charge in [0.15, 0.2) is 17.4 Å². The first-order valence-electron chi connectivity index (χ1n) is 8.33. The number of hydrogen-bond donors (Lipinski definition) is 1. The second kappa shape index (κ2) is 8.09. The highest BCUT2D eigenvalue weighted by molar-refractivity contribution is 5.94. The maximum atomic E-state index is 13.2. The summed E-state index contributed by atoms with van der Waals surface area (Å²) in [7, 11) is 0. The molecule has 1 N–H and O–H groups in total. The van der Waals surface area contributed by atoms with Crippen molar-refractivity contribution in [3.8, 4) is 0 Å². The number of carbonyl (C=O) groups is 2. The molecule has 0 bridgehead atoms. The minimum Gasteiger partial charge on any atom is -0.459 e. The van der Waals surface area contributed by atoms with Crippen LogP contribution in [-0.2, 0) is 0 Å². The second-order valence-electron chi connectivity index (χ2n) is 6.00. The molecule has 0 spiro atoms. The van der Waals surface area contributed by atoms with Crippen LogP contribution in [0.5, 0.6) is 0 Å². The van der Waals surface area contributed by atoms with Crippen LogP contribution < -0.4 is 5.32 Å². The van der Waals surface area contributed by atoms with Crippen LogP contribution in [0.15, 0.2) is 41.0 Å². The molecule has 8 heteroatoms. The third-order valence-electron chi connectivity index (χ3n) is 4.29. The van der Waals surface area contributed by atoms with Gasteiger partial charge in [-0.3, -0.25) is 14.5 Å². The zero-order chi connectivity index (χ0) is 18.5. The lowest BCUT2D eigenvalue weighted by Gasteiger charge is -2.34. The minimum atomic E-state index is -1.05. The zero-order valence-electron chi connectivity index (χ0n) is 14.1. The van der Waals surface area contributed by atoms with Crippen molar-refractivity contribution in [3.63, 3.8) is 0 Å². The van der Waals surface area contributed by atoms with Crippen molar-refractivity contribution >= 4 is 11.8 Å². The summed E-state index contributed by atoms with van der Waals surface area (Å²) in [4.78, 5) is 28.0. The molecule has 2 amide bonds. The Kier molecular flexibility index (Phi) is 5.62. The number of hydrogen-bond acceptors (Lipinski definition) is 4. The number of amides is 2. The van der Waals surface area contributed by atoms with E-state index in [-0.39, 0.29) is 11.5 Å². The van der Waals surface area contributed by atoms with E-state index in [2.05, 4.69) is 10.2 Å². The van der Waals surface area contributed by atoms with Gasteiger partial charge < -0.3 is 14.6 Å². The normalized spacial score (nSPS) is 15.1. The molecule has 0 atom stereocenters. The first-order chi connectivity index (χ1) is 12.5. The third kappa shape index (κ3) is 4.26. The summed E-state index contributed by atoms with van der Waals surface area (Å²) in [5.41, 5.74) is 0.0813. The Bertz CT molecular complexity index is 772. The molecule has 3 rings (SSSR count). The van der Waals surface area contributed by atoms with Gasteiger partial charge in [-0.15, -0.1) is 0 Å². The largest absolute Gasteiger partial charge is 0.459 e. The molecule has 138 valence electrons. The van der Waals surface area contributed by atoms with Gasteiger partial charge in [-0.1, -0.05) is 0 Å². The lowest BCUT2D eigenvalue weighted by atomic mass is 10.2. The first kappa shape index (κ1) is 18.1. The summed E-state index contributed by atoms with van der Waals surface area (Å²) in [6, 6.07) is 6.37. The van der Waals surface area contributed by atoms with E-state index in [1.54, 1.807) is 17.0 Å². The standard InChI is InChI=1S/C18H19F2N3O3/c19-14-4-3-13(12-15(14)20)17(24)21-5-6-22-7-9-23(10-8-22)18(25)16-2-1-11-26-16/h1-4,11-12H,5-10H2,(H,21,24). The molecule has 1 aromatic carbocycles. The number of furan rings is 1. The van der Waals surface area contributed by atoms with Gasteiger partial charge in [-0.2, -0.15) is 0 Å². The van der Waals surface area contributed by atoms with Gasteiger partial charge in [-0.05, 0) is 30.3 Å². The molecule has 0 aliphatic carbocycles. The molecular weight excluding hydrogens is 344 g/mol. The summed E-state index contributed by atoms with van der Waals surface area (Å²) in [6.45, 7) is 3.52. The Morgan fingerprint density at radius 2 is 1.85 bits per heavy atom. The van der Waals surface area contributed by atoms with E-state index in [1.807, 2.05) is 0 Å². The van der Waals surface area contributed by atoms with Crippen molar-refractivity contribution in [2.75, 3.05) is 39.3 Å². The van der Waals surface area contributed by atoms with Crippen molar-refractivity contribution in [3.05, 3.63) is 59.6 Å². The maximum absolute atomic E-state index is 13.2. The van der Waals surface area contributed by atoms with Crippen molar-refractivity contribution in [2.24, 2.45) is 0 Å². The van der Waals surface area contributed by atoms with Crippen molar-refractivity contribution in [1.82, 2.24) is 15.1 Å². The highest BCUT2D eigenvalue weighted by Crippen LogP contribution is 2.10. The van der Waals surface area contributed by atoms with Crippen LogP contribution in [0.4, 0.5) is 8.78 Å². The minimum absolute atomic E-state index is 0.0813. The van der Waals surface area contributed by atoms with Crippen LogP contribution in [0.3, 0.4) is 0 Å². The second-order valence-corrected chi connectivity index (χ2v) is 6.00. The van der Waals surface area contributed by atoms with Gasteiger partial charge in [-0.25, -0.2) is 8.78 Å². The molecule has 1 aliphatic heterocycles. The monoisotopic (exact) mass is 363 g/mol. The summed E-state index contributed by atoms with van der Waals surface area (Å²) in [6.07, 6.45) is 1.47. The fraction of sp³-hybridized carbons (Fsp3) is 0.333. The smallest absolute Gasteiger partial charge is 0.289 e. The molecule has 1 saturated heterocycles. The van der Waals surface area contributed by atoms with Gasteiger partial charge >= 0.3 is 0 Å². The van der Waals surface area contributed by atoms with Crippen LogP contribution in [0.2, 0.25) is 0 Å². The number of carbonyl (C=O) groups excluding carboxylic acids is 2. The number of nitrogens with zero attached hydrogens (tertiary/aromatic N) is 2. The molecule has 2 aromatic rings. The van der Waals surface area contributed by atoms with E-state index < -0.39 is 17.5 Å². The topological polar surface area (TPSA) is 65.8 Å². The summed E-state index contributed by atoms with van der Waals surface area (Å²) < 4.78 is 31.2. The van der Waals surface area contributed by atoms with Crippen molar-refractivity contribution < 1.29 is 22.8 Å². The lowest BCUT2D eigenvalue weighted by Crippen LogP contribution is -2.50. The van der Waals surface area contributed by atoms with Crippen molar-refractivity contribution in [2.45, 2.75) is 0 Å². The summed E-state index contributed by atoms with van der Waals surface area (Å²) >= 11 is 0. The van der Waals surface area contributed by atoms with Crippen LogP contribution in [-0.4, -0.2) is 60.9 Å². The van der Waals surface area contributed by atoms with Crippen molar-refractivity contribution in [1.29, 1.82) is 0 Å². The Balaban J connectivity index is 1.40. The predicted molar refractivity (Wildman–Crippen MR) is 89.7 cm³/mol. The Morgan fingerprint density at radius 3 is 2.50 bits per heavy atom. The number of nitrogens with one attached hydrogen (secondary N) is 1. The number of benzene rings is 1. The fourth-order valence-corrected chi connectivity index (χ4v) is 2.80. The molecule has 1 fully saturated rings. The number of halogens is 2. The highest BCUT2D eigenvalue weighted by Gasteiger charge is 2.23. The number of rotatable bonds is 5. The average Bonchev–Trinajstić information content (AvgIpc) is 3.18. The summed E-state index contributed by atoms with van der Waals surface area (Å²) in [5.74, 6) is -2.27. The SMILES string of the molecule is O=C(NCCN1CCN(C(=O)c2ccco2)CC1)c1ccc(F)c(F)c1.